The van der Waals surface area contributed by atoms with Gasteiger partial charge < -0.3 is 24.8 Å². The lowest BCUT2D eigenvalue weighted by atomic mass is 10.1. The van der Waals surface area contributed by atoms with Crippen LogP contribution in [0.2, 0.25) is 0 Å². The molecule has 0 radical (unpaired) electrons. The van der Waals surface area contributed by atoms with Crippen LogP contribution in [0.4, 0.5) is 5.69 Å². The summed E-state index contributed by atoms with van der Waals surface area (Å²) >= 11 is 5.34. The SMILES string of the molecule is COc1cc2ncnc(Oc3ccc(NC(=S)NC(=O)C4C[C@@H]4c4ccccc4)cc3)c2cc1OC. The van der Waals surface area contributed by atoms with Gasteiger partial charge in [0.1, 0.15) is 12.1 Å². The van der Waals surface area contributed by atoms with Gasteiger partial charge in [0.05, 0.1) is 25.1 Å². The molecule has 5 rings (SSSR count). The molecule has 0 saturated heterocycles. The molecule has 1 fully saturated rings. The van der Waals surface area contributed by atoms with E-state index in [0.29, 0.717) is 34.0 Å². The zero-order valence-corrected chi connectivity index (χ0v) is 20.5. The van der Waals surface area contributed by atoms with Crippen molar-refractivity contribution in [3.05, 3.63) is 78.6 Å². The van der Waals surface area contributed by atoms with Crippen molar-refractivity contribution >= 4 is 39.8 Å². The Morgan fingerprint density at radius 1 is 0.972 bits per heavy atom. The molecule has 0 aliphatic heterocycles. The Morgan fingerprint density at radius 3 is 2.42 bits per heavy atom. The number of hydrogen-bond donors (Lipinski definition) is 2. The van der Waals surface area contributed by atoms with Crippen LogP contribution in [0.1, 0.15) is 17.9 Å². The molecule has 1 heterocycles. The van der Waals surface area contributed by atoms with Crippen molar-refractivity contribution < 1.29 is 19.0 Å². The molecule has 182 valence electrons. The number of carbonyl (C=O) groups excluding carboxylic acids is 1. The minimum Gasteiger partial charge on any atom is -0.493 e. The summed E-state index contributed by atoms with van der Waals surface area (Å²) in [6.07, 6.45) is 2.27. The Labute approximate surface area is 213 Å². The minimum absolute atomic E-state index is 0.0517. The van der Waals surface area contributed by atoms with E-state index in [9.17, 15) is 4.79 Å². The molecular formula is C27H24N4O4S. The number of hydrogen-bond acceptors (Lipinski definition) is 7. The zero-order chi connectivity index (χ0) is 25.1. The summed E-state index contributed by atoms with van der Waals surface area (Å²) in [6, 6.07) is 20.8. The number of aromatic nitrogens is 2. The van der Waals surface area contributed by atoms with Gasteiger partial charge in [-0.3, -0.25) is 4.79 Å². The van der Waals surface area contributed by atoms with E-state index in [1.165, 1.54) is 11.9 Å². The predicted molar refractivity (Wildman–Crippen MR) is 141 cm³/mol. The second kappa shape index (κ2) is 10.2. The van der Waals surface area contributed by atoms with E-state index in [1.54, 1.807) is 38.5 Å². The van der Waals surface area contributed by atoms with Gasteiger partial charge in [0.2, 0.25) is 11.8 Å². The topological polar surface area (TPSA) is 94.6 Å². The van der Waals surface area contributed by atoms with Crippen molar-refractivity contribution in [1.82, 2.24) is 15.3 Å². The Balaban J connectivity index is 1.20. The molecule has 3 aromatic carbocycles. The van der Waals surface area contributed by atoms with E-state index in [2.05, 4.69) is 32.7 Å². The third-order valence-electron chi connectivity index (χ3n) is 6.02. The molecule has 8 nitrogen and oxygen atoms in total. The highest BCUT2D eigenvalue weighted by Crippen LogP contribution is 2.47. The maximum atomic E-state index is 12.6. The monoisotopic (exact) mass is 500 g/mol. The summed E-state index contributed by atoms with van der Waals surface area (Å²) < 4.78 is 16.7. The predicted octanol–water partition coefficient (Wildman–Crippen LogP) is 5.06. The number of nitrogens with one attached hydrogen (secondary N) is 2. The van der Waals surface area contributed by atoms with Crippen molar-refractivity contribution in [2.45, 2.75) is 12.3 Å². The van der Waals surface area contributed by atoms with Gasteiger partial charge in [0.25, 0.3) is 0 Å². The molecule has 1 aromatic heterocycles. The molecule has 1 unspecified atom stereocenters. The van der Waals surface area contributed by atoms with Crippen LogP contribution in [0.15, 0.2) is 73.1 Å². The highest BCUT2D eigenvalue weighted by molar-refractivity contribution is 7.80. The number of anilines is 1. The van der Waals surface area contributed by atoms with E-state index >= 15 is 0 Å². The molecule has 0 bridgehead atoms. The van der Waals surface area contributed by atoms with Gasteiger partial charge >= 0.3 is 0 Å². The fourth-order valence-corrected chi connectivity index (χ4v) is 4.30. The normalized spacial score (nSPS) is 16.2. The third kappa shape index (κ3) is 5.06. The second-order valence-corrected chi connectivity index (χ2v) is 8.74. The number of amides is 1. The van der Waals surface area contributed by atoms with Gasteiger partial charge in [-0.15, -0.1) is 0 Å². The van der Waals surface area contributed by atoms with Gasteiger partial charge in [-0.05, 0) is 60.5 Å². The minimum atomic E-state index is -0.0657. The highest BCUT2D eigenvalue weighted by Gasteiger charge is 2.44. The number of fused-ring (bicyclic) bond motifs is 1. The Bertz CT molecular complexity index is 1410. The van der Waals surface area contributed by atoms with E-state index in [-0.39, 0.29) is 22.9 Å². The molecule has 0 spiro atoms. The molecular weight excluding hydrogens is 476 g/mol. The Hall–Kier alpha value is -4.24. The molecule has 1 amide bonds. The summed E-state index contributed by atoms with van der Waals surface area (Å²) in [5.41, 5.74) is 2.57. The largest absolute Gasteiger partial charge is 0.493 e. The lowest BCUT2D eigenvalue weighted by molar-refractivity contribution is -0.120. The smallest absolute Gasteiger partial charge is 0.230 e. The lowest BCUT2D eigenvalue weighted by Crippen LogP contribution is -2.35. The van der Waals surface area contributed by atoms with E-state index in [4.69, 9.17) is 26.4 Å². The number of benzene rings is 3. The van der Waals surface area contributed by atoms with Crippen molar-refractivity contribution in [2.24, 2.45) is 5.92 Å². The molecule has 1 saturated carbocycles. The van der Waals surface area contributed by atoms with Crippen LogP contribution in [0.5, 0.6) is 23.1 Å². The average Bonchev–Trinajstić information content (AvgIpc) is 3.71. The molecule has 1 aliphatic rings. The Morgan fingerprint density at radius 2 is 1.69 bits per heavy atom. The molecule has 2 N–H and O–H groups in total. The zero-order valence-electron chi connectivity index (χ0n) is 19.7. The summed E-state index contributed by atoms with van der Waals surface area (Å²) in [7, 11) is 3.14. The summed E-state index contributed by atoms with van der Waals surface area (Å²) in [6.45, 7) is 0. The van der Waals surface area contributed by atoms with Crippen molar-refractivity contribution in [2.75, 3.05) is 19.5 Å². The van der Waals surface area contributed by atoms with Gasteiger partial charge in [-0.1, -0.05) is 30.3 Å². The number of methoxy groups -OCH3 is 2. The second-order valence-electron chi connectivity index (χ2n) is 8.33. The maximum absolute atomic E-state index is 12.6. The van der Waals surface area contributed by atoms with Crippen LogP contribution in [0.3, 0.4) is 0 Å². The first kappa shape index (κ1) is 23.5. The first-order valence-electron chi connectivity index (χ1n) is 11.4. The van der Waals surface area contributed by atoms with Gasteiger partial charge in [0.15, 0.2) is 16.6 Å². The summed E-state index contributed by atoms with van der Waals surface area (Å²) in [4.78, 5) is 21.1. The highest BCUT2D eigenvalue weighted by atomic mass is 32.1. The van der Waals surface area contributed by atoms with Gasteiger partial charge in [-0.25, -0.2) is 9.97 Å². The molecule has 4 aromatic rings. The van der Waals surface area contributed by atoms with Crippen molar-refractivity contribution in [3.63, 3.8) is 0 Å². The molecule has 36 heavy (non-hydrogen) atoms. The number of thiocarbonyl (C=S) groups is 1. The van der Waals surface area contributed by atoms with Crippen molar-refractivity contribution in [3.8, 4) is 23.1 Å². The number of nitrogens with zero attached hydrogens (tertiary/aromatic N) is 2. The lowest BCUT2D eigenvalue weighted by Gasteiger charge is -2.12. The summed E-state index contributed by atoms with van der Waals surface area (Å²) in [5.74, 6) is 2.24. The van der Waals surface area contributed by atoms with E-state index in [1.807, 2.05) is 30.3 Å². The van der Waals surface area contributed by atoms with Crippen LogP contribution in [0.25, 0.3) is 10.9 Å². The fraction of sp³-hybridized carbons (Fsp3) is 0.185. The first-order valence-corrected chi connectivity index (χ1v) is 11.8. The Kier molecular flexibility index (Phi) is 6.64. The molecule has 1 aliphatic carbocycles. The van der Waals surface area contributed by atoms with Crippen LogP contribution in [-0.4, -0.2) is 35.2 Å². The van der Waals surface area contributed by atoms with Crippen LogP contribution < -0.4 is 24.8 Å². The quantitative estimate of drug-likeness (QED) is 0.340. The van der Waals surface area contributed by atoms with Crippen LogP contribution in [0, 0.1) is 5.92 Å². The van der Waals surface area contributed by atoms with Crippen LogP contribution >= 0.6 is 12.2 Å². The van der Waals surface area contributed by atoms with E-state index in [0.717, 1.165) is 12.1 Å². The number of rotatable bonds is 7. The average molecular weight is 501 g/mol. The number of carbonyl (C=O) groups is 1. The first-order chi connectivity index (χ1) is 17.6. The maximum Gasteiger partial charge on any atom is 0.230 e. The third-order valence-corrected chi connectivity index (χ3v) is 6.23. The number of ether oxygens (including phenoxy) is 3. The summed E-state index contributed by atoms with van der Waals surface area (Å²) in [5, 5.41) is 6.79. The standard InChI is InChI=1S/C27H24N4O4S/c1-33-23-13-21-22(14-24(23)34-2)28-15-29-26(21)35-18-10-8-17(9-11-18)30-27(36)31-25(32)20-12-19(20)16-6-4-3-5-7-16/h3-11,13-15,19-20H,12H2,1-2H3,(H2,30,31,32,36)/t19-,20?/m1/s1. The van der Waals surface area contributed by atoms with E-state index < -0.39 is 0 Å². The fourth-order valence-electron chi connectivity index (χ4n) is 4.08. The van der Waals surface area contributed by atoms with Gasteiger partial charge in [0, 0.05) is 17.7 Å². The van der Waals surface area contributed by atoms with Crippen LogP contribution in [-0.2, 0) is 4.79 Å². The molecule has 2 atom stereocenters. The van der Waals surface area contributed by atoms with Gasteiger partial charge in [-0.2, -0.15) is 0 Å². The van der Waals surface area contributed by atoms with Crippen molar-refractivity contribution in [1.29, 1.82) is 0 Å². The molecule has 9 heteroatoms.